The molecule has 0 fully saturated rings. The molecule has 4 nitrogen and oxygen atoms in total. The van der Waals surface area contributed by atoms with Gasteiger partial charge in [-0.1, -0.05) is 20.8 Å². The molecule has 0 bridgehead atoms. The Morgan fingerprint density at radius 2 is 1.69 bits per heavy atom. The van der Waals surface area contributed by atoms with Crippen molar-refractivity contribution in [3.05, 3.63) is 0 Å². The highest BCUT2D eigenvalue weighted by molar-refractivity contribution is 5.72. The molecule has 0 saturated carbocycles. The topological polar surface area (TPSA) is 52.6 Å². The Morgan fingerprint density at radius 1 is 1.15 bits per heavy atom. The van der Waals surface area contributed by atoms with Gasteiger partial charge in [-0.15, -0.1) is 0 Å². The van der Waals surface area contributed by atoms with Crippen LogP contribution in [0.15, 0.2) is 0 Å². The van der Waals surface area contributed by atoms with E-state index in [9.17, 15) is 9.59 Å². The van der Waals surface area contributed by atoms with Gasteiger partial charge in [-0.2, -0.15) is 0 Å². The standard InChI is InChI=1S/C9H16O4/c1-5-8(10)12-7(4)13-9(11)6(2)3/h6-7H,5H2,1-4H3. The van der Waals surface area contributed by atoms with Crippen molar-refractivity contribution < 1.29 is 19.1 Å². The normalized spacial score (nSPS) is 12.4. The highest BCUT2D eigenvalue weighted by atomic mass is 16.7. The second-order valence-corrected chi connectivity index (χ2v) is 3.00. The van der Waals surface area contributed by atoms with Crippen LogP contribution in [0.1, 0.15) is 34.1 Å². The summed E-state index contributed by atoms with van der Waals surface area (Å²) in [5.41, 5.74) is 0. The molecular formula is C9H16O4. The zero-order valence-electron chi connectivity index (χ0n) is 8.49. The number of hydrogen-bond acceptors (Lipinski definition) is 4. The molecule has 0 amide bonds. The lowest BCUT2D eigenvalue weighted by atomic mass is 10.2. The van der Waals surface area contributed by atoms with Gasteiger partial charge in [-0.3, -0.25) is 9.59 Å². The van der Waals surface area contributed by atoms with E-state index in [0.29, 0.717) is 0 Å². The van der Waals surface area contributed by atoms with E-state index in [4.69, 9.17) is 9.47 Å². The largest absolute Gasteiger partial charge is 0.425 e. The minimum atomic E-state index is -0.789. The second kappa shape index (κ2) is 5.56. The van der Waals surface area contributed by atoms with Crippen LogP contribution in [-0.4, -0.2) is 18.2 Å². The first kappa shape index (κ1) is 11.9. The molecule has 0 heterocycles. The van der Waals surface area contributed by atoms with Gasteiger partial charge in [0.2, 0.25) is 6.29 Å². The molecule has 4 heteroatoms. The van der Waals surface area contributed by atoms with Crippen molar-refractivity contribution in [1.82, 2.24) is 0 Å². The average molecular weight is 188 g/mol. The Labute approximate surface area is 78.2 Å². The number of esters is 2. The van der Waals surface area contributed by atoms with Crippen LogP contribution in [0.5, 0.6) is 0 Å². The quantitative estimate of drug-likeness (QED) is 0.495. The third-order valence-electron chi connectivity index (χ3n) is 1.34. The molecule has 1 atom stereocenters. The first-order valence-corrected chi connectivity index (χ1v) is 4.37. The number of ether oxygens (including phenoxy) is 2. The summed E-state index contributed by atoms with van der Waals surface area (Å²) in [6, 6.07) is 0. The fraction of sp³-hybridized carbons (Fsp3) is 0.778. The summed E-state index contributed by atoms with van der Waals surface area (Å²) < 4.78 is 9.54. The Balaban J connectivity index is 3.80. The van der Waals surface area contributed by atoms with Gasteiger partial charge < -0.3 is 9.47 Å². The second-order valence-electron chi connectivity index (χ2n) is 3.00. The molecule has 0 aliphatic rings. The number of carbonyl (C=O) groups excluding carboxylic acids is 2. The Kier molecular flexibility index (Phi) is 5.11. The van der Waals surface area contributed by atoms with Crippen LogP contribution in [0.3, 0.4) is 0 Å². The number of hydrogen-bond donors (Lipinski definition) is 0. The van der Waals surface area contributed by atoms with Gasteiger partial charge in [-0.05, 0) is 0 Å². The Bertz CT molecular complexity index is 186. The molecule has 0 aromatic carbocycles. The zero-order valence-corrected chi connectivity index (χ0v) is 8.49. The maximum absolute atomic E-state index is 11.0. The summed E-state index contributed by atoms with van der Waals surface area (Å²) in [4.78, 5) is 21.8. The summed E-state index contributed by atoms with van der Waals surface area (Å²) in [5.74, 6) is -0.941. The van der Waals surface area contributed by atoms with Crippen LogP contribution in [0.25, 0.3) is 0 Å². The first-order valence-electron chi connectivity index (χ1n) is 4.37. The van der Waals surface area contributed by atoms with E-state index in [1.54, 1.807) is 20.8 Å². The van der Waals surface area contributed by atoms with Crippen LogP contribution in [-0.2, 0) is 19.1 Å². The van der Waals surface area contributed by atoms with E-state index < -0.39 is 6.29 Å². The maximum atomic E-state index is 11.0. The summed E-state index contributed by atoms with van der Waals surface area (Å²) in [6.07, 6.45) is -0.508. The van der Waals surface area contributed by atoms with E-state index in [-0.39, 0.29) is 24.3 Å². The van der Waals surface area contributed by atoms with Crippen molar-refractivity contribution in [1.29, 1.82) is 0 Å². The molecule has 1 unspecified atom stereocenters. The Morgan fingerprint density at radius 3 is 2.08 bits per heavy atom. The monoisotopic (exact) mass is 188 g/mol. The highest BCUT2D eigenvalue weighted by Crippen LogP contribution is 2.02. The predicted octanol–water partition coefficient (Wildman–Crippen LogP) is 1.48. The van der Waals surface area contributed by atoms with Crippen molar-refractivity contribution >= 4 is 11.9 Å². The third kappa shape index (κ3) is 5.22. The van der Waals surface area contributed by atoms with Crippen molar-refractivity contribution in [2.24, 2.45) is 5.92 Å². The molecule has 76 valence electrons. The van der Waals surface area contributed by atoms with Crippen LogP contribution in [0, 0.1) is 5.92 Å². The van der Waals surface area contributed by atoms with Crippen LogP contribution < -0.4 is 0 Å². The predicted molar refractivity (Wildman–Crippen MR) is 46.8 cm³/mol. The molecule has 13 heavy (non-hydrogen) atoms. The minimum Gasteiger partial charge on any atom is -0.425 e. The molecule has 0 spiro atoms. The van der Waals surface area contributed by atoms with Crippen molar-refractivity contribution in [3.8, 4) is 0 Å². The van der Waals surface area contributed by atoms with E-state index >= 15 is 0 Å². The van der Waals surface area contributed by atoms with Gasteiger partial charge in [0.15, 0.2) is 0 Å². The molecule has 0 N–H and O–H groups in total. The van der Waals surface area contributed by atoms with Gasteiger partial charge in [0.25, 0.3) is 0 Å². The SMILES string of the molecule is CCC(=O)OC(C)OC(=O)C(C)C. The smallest absolute Gasteiger partial charge is 0.311 e. The molecule has 0 aromatic heterocycles. The molecule has 0 aromatic rings. The van der Waals surface area contributed by atoms with Crippen LogP contribution in [0.4, 0.5) is 0 Å². The van der Waals surface area contributed by atoms with Crippen LogP contribution in [0.2, 0.25) is 0 Å². The van der Waals surface area contributed by atoms with Crippen LogP contribution >= 0.6 is 0 Å². The summed E-state index contributed by atoms with van der Waals surface area (Å²) >= 11 is 0. The molecular weight excluding hydrogens is 172 g/mol. The highest BCUT2D eigenvalue weighted by Gasteiger charge is 2.15. The molecule has 0 radical (unpaired) electrons. The van der Waals surface area contributed by atoms with Crippen molar-refractivity contribution in [3.63, 3.8) is 0 Å². The fourth-order valence-corrected chi connectivity index (χ4v) is 0.592. The zero-order chi connectivity index (χ0) is 10.4. The lowest BCUT2D eigenvalue weighted by Crippen LogP contribution is -2.23. The number of rotatable bonds is 4. The Hall–Kier alpha value is -1.06. The minimum absolute atomic E-state index is 0.206. The summed E-state index contributed by atoms with van der Waals surface area (Å²) in [7, 11) is 0. The van der Waals surface area contributed by atoms with E-state index in [0.717, 1.165) is 0 Å². The summed E-state index contributed by atoms with van der Waals surface area (Å²) in [6.45, 7) is 6.64. The van der Waals surface area contributed by atoms with E-state index in [2.05, 4.69) is 0 Å². The molecule has 0 aliphatic heterocycles. The van der Waals surface area contributed by atoms with E-state index in [1.165, 1.54) is 6.92 Å². The molecule has 0 saturated heterocycles. The first-order chi connectivity index (χ1) is 5.97. The lowest BCUT2D eigenvalue weighted by molar-refractivity contribution is -0.186. The third-order valence-corrected chi connectivity index (χ3v) is 1.34. The number of carbonyl (C=O) groups is 2. The van der Waals surface area contributed by atoms with Crippen molar-refractivity contribution in [2.45, 2.75) is 40.4 Å². The van der Waals surface area contributed by atoms with Gasteiger partial charge >= 0.3 is 11.9 Å². The maximum Gasteiger partial charge on any atom is 0.311 e. The lowest BCUT2D eigenvalue weighted by Gasteiger charge is -2.14. The molecule has 0 rings (SSSR count). The van der Waals surface area contributed by atoms with Gasteiger partial charge in [-0.25, -0.2) is 0 Å². The van der Waals surface area contributed by atoms with Crippen molar-refractivity contribution in [2.75, 3.05) is 0 Å². The van der Waals surface area contributed by atoms with Gasteiger partial charge in [0.05, 0.1) is 5.92 Å². The molecule has 0 aliphatic carbocycles. The van der Waals surface area contributed by atoms with Gasteiger partial charge in [0, 0.05) is 13.3 Å². The van der Waals surface area contributed by atoms with Gasteiger partial charge in [0.1, 0.15) is 0 Å². The average Bonchev–Trinajstić information content (AvgIpc) is 2.03. The summed E-state index contributed by atoms with van der Waals surface area (Å²) in [5, 5.41) is 0. The van der Waals surface area contributed by atoms with E-state index in [1.807, 2.05) is 0 Å². The fourth-order valence-electron chi connectivity index (χ4n) is 0.592.